The fourth-order valence-corrected chi connectivity index (χ4v) is 2.75. The minimum Gasteiger partial charge on any atom is -0.478 e. The Morgan fingerprint density at radius 2 is 1.67 bits per heavy atom. The fraction of sp³-hybridized carbons (Fsp3) is 0.100. The van der Waals surface area contributed by atoms with Crippen molar-refractivity contribution in [1.82, 2.24) is 9.97 Å². The summed E-state index contributed by atoms with van der Waals surface area (Å²) in [5, 5.41) is 13.7. The molecule has 33 heavy (non-hydrogen) atoms. The number of anilines is 2. The molecule has 0 saturated heterocycles. The number of urea groups is 1. The number of hydrogen-bond acceptors (Lipinski definition) is 5. The van der Waals surface area contributed by atoms with Gasteiger partial charge < -0.3 is 25.9 Å². The Morgan fingerprint density at radius 1 is 1.03 bits per heavy atom. The summed E-state index contributed by atoms with van der Waals surface area (Å²) < 4.78 is 40.4. The van der Waals surface area contributed by atoms with E-state index in [1.165, 1.54) is 24.3 Å². The van der Waals surface area contributed by atoms with E-state index < -0.39 is 30.0 Å². The smallest absolute Gasteiger partial charge is 0.478 e. The summed E-state index contributed by atoms with van der Waals surface area (Å²) in [6.07, 6.45) is -4.65. The number of nitrogens with one attached hydrogen (secondary N) is 3. The summed E-state index contributed by atoms with van der Waals surface area (Å²) in [5.74, 6) is -2.26. The van der Waals surface area contributed by atoms with Gasteiger partial charge in [0.15, 0.2) is 5.69 Å². The van der Waals surface area contributed by atoms with Gasteiger partial charge in [0.25, 0.3) is 5.91 Å². The van der Waals surface area contributed by atoms with Crippen molar-refractivity contribution in [3.63, 3.8) is 0 Å². The van der Waals surface area contributed by atoms with Crippen molar-refractivity contribution in [3.8, 4) is 5.75 Å². The van der Waals surface area contributed by atoms with Gasteiger partial charge in [-0.25, -0.2) is 14.6 Å². The van der Waals surface area contributed by atoms with E-state index in [0.717, 1.165) is 12.1 Å². The molecule has 2 aromatic carbocycles. The van der Waals surface area contributed by atoms with E-state index in [2.05, 4.69) is 25.3 Å². The number of nitrogens with two attached hydrogens (primary N) is 1. The molecule has 3 rings (SSSR count). The fourth-order valence-electron chi connectivity index (χ4n) is 2.75. The lowest BCUT2D eigenvalue weighted by Gasteiger charge is -2.10. The zero-order valence-electron chi connectivity index (χ0n) is 16.6. The Kier molecular flexibility index (Phi) is 6.51. The summed E-state index contributed by atoms with van der Waals surface area (Å²) in [7, 11) is 0. The van der Waals surface area contributed by atoms with E-state index in [9.17, 15) is 27.6 Å². The molecule has 0 fully saturated rings. The van der Waals surface area contributed by atoms with Crippen molar-refractivity contribution in [1.29, 1.82) is 0 Å². The summed E-state index contributed by atoms with van der Waals surface area (Å²) >= 11 is 0. The molecule has 10 nitrogen and oxygen atoms in total. The molecule has 0 bridgehead atoms. The molecule has 0 aliphatic carbocycles. The van der Waals surface area contributed by atoms with E-state index in [1.807, 2.05) is 0 Å². The molecule has 172 valence electrons. The van der Waals surface area contributed by atoms with Gasteiger partial charge in [-0.05, 0) is 42.0 Å². The first-order chi connectivity index (χ1) is 15.5. The lowest BCUT2D eigenvalue weighted by atomic mass is 10.1. The van der Waals surface area contributed by atoms with Crippen LogP contribution in [0.4, 0.5) is 29.5 Å². The van der Waals surface area contributed by atoms with Crippen molar-refractivity contribution in [2.75, 3.05) is 10.6 Å². The lowest BCUT2D eigenvalue weighted by molar-refractivity contribution is -0.274. The number of imidazole rings is 1. The van der Waals surface area contributed by atoms with Gasteiger partial charge in [-0.15, -0.1) is 13.2 Å². The van der Waals surface area contributed by atoms with Gasteiger partial charge in [-0.1, -0.05) is 12.1 Å². The average molecular weight is 463 g/mol. The molecule has 0 unspecified atom stereocenters. The Balaban J connectivity index is 1.68. The second-order valence-corrected chi connectivity index (χ2v) is 6.60. The quantitative estimate of drug-likeness (QED) is 0.361. The molecule has 1 heterocycles. The molecule has 0 atom stereocenters. The summed E-state index contributed by atoms with van der Waals surface area (Å²) in [4.78, 5) is 41.7. The largest absolute Gasteiger partial charge is 0.573 e. The van der Waals surface area contributed by atoms with Crippen LogP contribution in [0.25, 0.3) is 0 Å². The number of primary amides is 1. The minimum absolute atomic E-state index is 0.0887. The number of benzene rings is 2. The number of halogens is 3. The molecular weight excluding hydrogens is 447 g/mol. The Morgan fingerprint density at radius 3 is 2.21 bits per heavy atom. The number of aromatic carboxylic acids is 1. The highest BCUT2D eigenvalue weighted by Gasteiger charge is 2.31. The Hall–Kier alpha value is -4.55. The van der Waals surface area contributed by atoms with Crippen molar-refractivity contribution in [2.45, 2.75) is 12.8 Å². The zero-order chi connectivity index (χ0) is 24.2. The maximum Gasteiger partial charge on any atom is 0.573 e. The standard InChI is InChI=1S/C20H16F3N5O5/c21-20(22,23)33-13-7-5-12(6-8-13)25-19(32)28-17-15(16(24)29)26-14(27-17)9-10-1-3-11(4-2-10)18(30)31/h1-8H,9H2,(H2,24,29)(H,26,27)(H,30,31)(H2,25,28,32). The third-order valence-corrected chi connectivity index (χ3v) is 4.14. The number of H-pyrrole nitrogens is 1. The van der Waals surface area contributed by atoms with Crippen molar-refractivity contribution >= 4 is 29.4 Å². The number of amides is 3. The van der Waals surface area contributed by atoms with E-state index in [-0.39, 0.29) is 35.0 Å². The van der Waals surface area contributed by atoms with Crippen LogP contribution in [0, 0.1) is 0 Å². The summed E-state index contributed by atoms with van der Waals surface area (Å²) in [5.41, 5.74) is 6.01. The number of carboxylic acids is 1. The van der Waals surface area contributed by atoms with Gasteiger partial charge >= 0.3 is 18.4 Å². The van der Waals surface area contributed by atoms with E-state index in [0.29, 0.717) is 5.56 Å². The summed E-state index contributed by atoms with van der Waals surface area (Å²) in [6.45, 7) is 0. The number of ether oxygens (including phenoxy) is 1. The van der Waals surface area contributed by atoms with Crippen molar-refractivity contribution < 1.29 is 37.4 Å². The number of carboxylic acid groups (broad SMARTS) is 1. The van der Waals surface area contributed by atoms with Crippen LogP contribution in [-0.2, 0) is 6.42 Å². The zero-order valence-corrected chi connectivity index (χ0v) is 16.6. The topological polar surface area (TPSA) is 159 Å². The number of nitrogens with zero attached hydrogens (tertiary/aromatic N) is 1. The normalized spacial score (nSPS) is 11.0. The van der Waals surface area contributed by atoms with Gasteiger partial charge in [-0.3, -0.25) is 10.1 Å². The Bertz CT molecular complexity index is 1170. The first kappa shape index (κ1) is 23.1. The highest BCUT2D eigenvalue weighted by atomic mass is 19.4. The molecule has 0 radical (unpaired) electrons. The second-order valence-electron chi connectivity index (χ2n) is 6.60. The Labute approximate surface area is 183 Å². The third-order valence-electron chi connectivity index (χ3n) is 4.14. The molecule has 3 aromatic rings. The number of alkyl halides is 3. The molecule has 0 spiro atoms. The maximum absolute atomic E-state index is 12.3. The van der Waals surface area contributed by atoms with Gasteiger partial charge in [0.2, 0.25) is 0 Å². The van der Waals surface area contributed by atoms with Crippen LogP contribution in [0.3, 0.4) is 0 Å². The van der Waals surface area contributed by atoms with E-state index in [4.69, 9.17) is 10.8 Å². The van der Waals surface area contributed by atoms with Crippen LogP contribution in [0.5, 0.6) is 5.75 Å². The molecule has 1 aromatic heterocycles. The third kappa shape index (κ3) is 6.46. The van der Waals surface area contributed by atoms with Crippen LogP contribution in [0.15, 0.2) is 48.5 Å². The van der Waals surface area contributed by atoms with Crippen LogP contribution < -0.4 is 21.1 Å². The molecule has 0 aliphatic heterocycles. The van der Waals surface area contributed by atoms with Crippen molar-refractivity contribution in [3.05, 3.63) is 71.2 Å². The predicted molar refractivity (Wildman–Crippen MR) is 109 cm³/mol. The van der Waals surface area contributed by atoms with Crippen molar-refractivity contribution in [2.24, 2.45) is 5.73 Å². The number of aromatic nitrogens is 2. The number of carbonyl (C=O) groups excluding carboxylic acids is 2. The molecule has 0 aliphatic rings. The molecule has 13 heteroatoms. The average Bonchev–Trinajstić information content (AvgIpc) is 3.11. The second kappa shape index (κ2) is 9.30. The van der Waals surface area contributed by atoms with Crippen LogP contribution in [0.2, 0.25) is 0 Å². The van der Waals surface area contributed by atoms with Crippen LogP contribution in [-0.4, -0.2) is 39.3 Å². The van der Waals surface area contributed by atoms with Crippen LogP contribution in [0.1, 0.15) is 32.2 Å². The van der Waals surface area contributed by atoms with E-state index >= 15 is 0 Å². The molecular formula is C20H16F3N5O5. The number of carbonyl (C=O) groups is 3. The molecule has 6 N–H and O–H groups in total. The number of aromatic amines is 1. The van der Waals surface area contributed by atoms with E-state index in [1.54, 1.807) is 12.1 Å². The highest BCUT2D eigenvalue weighted by Crippen LogP contribution is 2.24. The molecule has 0 saturated carbocycles. The maximum atomic E-state index is 12.3. The minimum atomic E-state index is -4.84. The monoisotopic (exact) mass is 463 g/mol. The first-order valence-electron chi connectivity index (χ1n) is 9.15. The van der Waals surface area contributed by atoms with Crippen LogP contribution >= 0.6 is 0 Å². The van der Waals surface area contributed by atoms with Gasteiger partial charge in [-0.2, -0.15) is 0 Å². The van der Waals surface area contributed by atoms with Gasteiger partial charge in [0.1, 0.15) is 17.4 Å². The number of rotatable bonds is 7. The van der Waals surface area contributed by atoms with Gasteiger partial charge in [0.05, 0.1) is 5.56 Å². The first-order valence-corrected chi connectivity index (χ1v) is 9.15. The predicted octanol–water partition coefficient (Wildman–Crippen LogP) is 3.34. The lowest BCUT2D eigenvalue weighted by Crippen LogP contribution is -2.22. The molecule has 3 amide bonds. The number of hydrogen-bond donors (Lipinski definition) is 5. The van der Waals surface area contributed by atoms with Gasteiger partial charge in [0, 0.05) is 12.1 Å². The summed E-state index contributed by atoms with van der Waals surface area (Å²) in [6, 6.07) is 9.56. The highest BCUT2D eigenvalue weighted by molar-refractivity contribution is 6.04. The SMILES string of the molecule is NC(=O)c1nc(Cc2ccc(C(=O)O)cc2)[nH]c1NC(=O)Nc1ccc(OC(F)(F)F)cc1.